The summed E-state index contributed by atoms with van der Waals surface area (Å²) in [5, 5.41) is 0. The Kier molecular flexibility index (Phi) is 6.14. The molecule has 0 spiro atoms. The molecule has 0 aliphatic heterocycles. The molecule has 0 radical (unpaired) electrons. The number of nitrogens with zero attached hydrogens (tertiary/aromatic N) is 1. The van der Waals surface area contributed by atoms with Crippen LogP contribution in [0, 0.1) is 0 Å². The molecule has 1 fully saturated rings. The van der Waals surface area contributed by atoms with E-state index in [1.165, 1.54) is 56.2 Å². The summed E-state index contributed by atoms with van der Waals surface area (Å²) in [5.74, 6) is 0.504. The topological polar surface area (TPSA) is 14.2 Å². The van der Waals surface area contributed by atoms with Gasteiger partial charge in [0.1, 0.15) is 0 Å². The summed E-state index contributed by atoms with van der Waals surface area (Å²) < 4.78 is 8.58. The molecule has 2 unspecified atom stereocenters. The lowest BCUT2D eigenvalue weighted by Gasteiger charge is -2.27. The third-order valence-electron chi connectivity index (χ3n) is 5.37. The second kappa shape index (κ2) is 8.53. The Hall–Kier alpha value is -1.54. The lowest BCUT2D eigenvalue weighted by Crippen LogP contribution is -2.24. The van der Waals surface area contributed by atoms with E-state index in [4.69, 9.17) is 4.74 Å². The highest BCUT2D eigenvalue weighted by atomic mass is 16.5. The Morgan fingerprint density at radius 1 is 1.08 bits per heavy atom. The molecule has 1 aliphatic rings. The number of unbranched alkanes of at least 4 members (excludes halogenated alkanes) is 1. The van der Waals surface area contributed by atoms with Crippen LogP contribution in [0.4, 0.5) is 0 Å². The van der Waals surface area contributed by atoms with Gasteiger partial charge in [0.15, 0.2) is 0 Å². The Morgan fingerprint density at radius 2 is 1.75 bits per heavy atom. The molecule has 1 heterocycles. The standard InChI is InChI=1S/C22H31NO/c1-3-4-11-22(18(2)24-21-9-5-6-10-21)19-12-14-20(15-13-19)23-16-7-8-17-23/h7-8,12-18,21-22H,3-6,9-11H2,1-2H3. The normalized spacial score (nSPS) is 17.9. The van der Waals surface area contributed by atoms with Crippen LogP contribution in [0.2, 0.25) is 0 Å². The van der Waals surface area contributed by atoms with E-state index >= 15 is 0 Å². The number of rotatable bonds is 8. The van der Waals surface area contributed by atoms with Gasteiger partial charge in [0.25, 0.3) is 0 Å². The zero-order chi connectivity index (χ0) is 16.8. The van der Waals surface area contributed by atoms with Gasteiger partial charge in [-0.15, -0.1) is 0 Å². The van der Waals surface area contributed by atoms with Crippen LogP contribution in [0.5, 0.6) is 0 Å². The lowest BCUT2D eigenvalue weighted by atomic mass is 9.89. The summed E-state index contributed by atoms with van der Waals surface area (Å²) in [7, 11) is 0. The number of benzene rings is 1. The average Bonchev–Trinajstić information content (AvgIpc) is 3.29. The van der Waals surface area contributed by atoms with Gasteiger partial charge in [0, 0.05) is 24.0 Å². The summed E-state index contributed by atoms with van der Waals surface area (Å²) in [6, 6.07) is 13.2. The van der Waals surface area contributed by atoms with Crippen molar-refractivity contribution in [3.8, 4) is 5.69 Å². The first-order valence-corrected chi connectivity index (χ1v) is 9.66. The largest absolute Gasteiger partial charge is 0.375 e. The monoisotopic (exact) mass is 325 g/mol. The Morgan fingerprint density at radius 3 is 2.38 bits per heavy atom. The number of hydrogen-bond donors (Lipinski definition) is 0. The zero-order valence-electron chi connectivity index (χ0n) is 15.2. The number of hydrogen-bond acceptors (Lipinski definition) is 1. The van der Waals surface area contributed by atoms with Crippen molar-refractivity contribution >= 4 is 0 Å². The van der Waals surface area contributed by atoms with Gasteiger partial charge in [-0.2, -0.15) is 0 Å². The van der Waals surface area contributed by atoms with E-state index in [0.717, 1.165) is 0 Å². The van der Waals surface area contributed by atoms with Gasteiger partial charge in [0.05, 0.1) is 12.2 Å². The maximum Gasteiger partial charge on any atom is 0.0619 e. The lowest BCUT2D eigenvalue weighted by molar-refractivity contribution is -0.0138. The van der Waals surface area contributed by atoms with Crippen LogP contribution < -0.4 is 0 Å². The minimum absolute atomic E-state index is 0.303. The fraction of sp³-hybridized carbons (Fsp3) is 0.545. The molecule has 2 aromatic rings. The summed E-state index contributed by atoms with van der Waals surface area (Å²) in [6.07, 6.45) is 13.9. The van der Waals surface area contributed by atoms with E-state index in [1.54, 1.807) is 0 Å². The average molecular weight is 325 g/mol. The summed E-state index contributed by atoms with van der Waals surface area (Å²) >= 11 is 0. The van der Waals surface area contributed by atoms with Crippen molar-refractivity contribution in [1.82, 2.24) is 4.57 Å². The molecule has 3 rings (SSSR count). The predicted molar refractivity (Wildman–Crippen MR) is 101 cm³/mol. The molecule has 1 aromatic heterocycles. The van der Waals surface area contributed by atoms with Crippen molar-refractivity contribution in [1.29, 1.82) is 0 Å². The fourth-order valence-electron chi connectivity index (χ4n) is 3.92. The van der Waals surface area contributed by atoms with Crippen LogP contribution >= 0.6 is 0 Å². The fourth-order valence-corrected chi connectivity index (χ4v) is 3.92. The first-order valence-electron chi connectivity index (χ1n) is 9.66. The van der Waals surface area contributed by atoms with Crippen LogP contribution in [-0.4, -0.2) is 16.8 Å². The third-order valence-corrected chi connectivity index (χ3v) is 5.37. The summed E-state index contributed by atoms with van der Waals surface area (Å²) in [4.78, 5) is 0. The first-order chi connectivity index (χ1) is 11.8. The molecule has 2 nitrogen and oxygen atoms in total. The Bertz CT molecular complexity index is 581. The quantitative estimate of drug-likeness (QED) is 0.572. The maximum absolute atomic E-state index is 6.42. The highest BCUT2D eigenvalue weighted by molar-refractivity contribution is 5.36. The van der Waals surface area contributed by atoms with Crippen molar-refractivity contribution in [2.45, 2.75) is 76.9 Å². The maximum atomic E-state index is 6.42. The Balaban J connectivity index is 1.71. The minimum Gasteiger partial charge on any atom is -0.375 e. The van der Waals surface area contributed by atoms with Crippen LogP contribution in [0.1, 0.15) is 70.3 Å². The molecular weight excluding hydrogens is 294 g/mol. The molecule has 1 aliphatic carbocycles. The van der Waals surface area contributed by atoms with Gasteiger partial charge in [-0.25, -0.2) is 0 Å². The van der Waals surface area contributed by atoms with Gasteiger partial charge >= 0.3 is 0 Å². The van der Waals surface area contributed by atoms with Gasteiger partial charge in [-0.3, -0.25) is 0 Å². The van der Waals surface area contributed by atoms with E-state index in [-0.39, 0.29) is 0 Å². The second-order valence-electron chi connectivity index (χ2n) is 7.18. The van der Waals surface area contributed by atoms with Gasteiger partial charge < -0.3 is 9.30 Å². The molecule has 0 saturated heterocycles. The van der Waals surface area contributed by atoms with Gasteiger partial charge in [-0.1, -0.05) is 44.7 Å². The molecule has 1 saturated carbocycles. The SMILES string of the molecule is CCCCC(c1ccc(-n2cccc2)cc1)C(C)OC1CCCC1. The smallest absolute Gasteiger partial charge is 0.0619 e. The first kappa shape index (κ1) is 17.3. The molecule has 130 valence electrons. The number of aromatic nitrogens is 1. The van der Waals surface area contributed by atoms with E-state index in [9.17, 15) is 0 Å². The summed E-state index contributed by atoms with van der Waals surface area (Å²) in [6.45, 7) is 4.55. The van der Waals surface area contributed by atoms with E-state index in [2.05, 4.69) is 67.2 Å². The van der Waals surface area contributed by atoms with E-state index < -0.39 is 0 Å². The van der Waals surface area contributed by atoms with Gasteiger partial charge in [-0.05, 0) is 56.0 Å². The minimum atomic E-state index is 0.303. The predicted octanol–water partition coefficient (Wildman–Crippen LogP) is 6.10. The molecule has 2 atom stereocenters. The Labute approximate surface area is 146 Å². The van der Waals surface area contributed by atoms with Crippen LogP contribution in [0.15, 0.2) is 48.8 Å². The van der Waals surface area contributed by atoms with Crippen molar-refractivity contribution in [2.24, 2.45) is 0 Å². The molecule has 0 amide bonds. The van der Waals surface area contributed by atoms with Crippen molar-refractivity contribution in [3.05, 3.63) is 54.4 Å². The van der Waals surface area contributed by atoms with Gasteiger partial charge in [0.2, 0.25) is 0 Å². The van der Waals surface area contributed by atoms with Crippen LogP contribution in [-0.2, 0) is 4.74 Å². The highest BCUT2D eigenvalue weighted by Crippen LogP contribution is 2.32. The third kappa shape index (κ3) is 4.30. The molecule has 0 bridgehead atoms. The van der Waals surface area contributed by atoms with Crippen LogP contribution in [0.25, 0.3) is 5.69 Å². The molecule has 24 heavy (non-hydrogen) atoms. The summed E-state index contributed by atoms with van der Waals surface area (Å²) in [5.41, 5.74) is 2.65. The highest BCUT2D eigenvalue weighted by Gasteiger charge is 2.24. The molecular formula is C22H31NO. The molecule has 1 aromatic carbocycles. The van der Waals surface area contributed by atoms with Crippen molar-refractivity contribution in [3.63, 3.8) is 0 Å². The molecule has 2 heteroatoms. The van der Waals surface area contributed by atoms with E-state index in [1.807, 2.05) is 0 Å². The second-order valence-corrected chi connectivity index (χ2v) is 7.18. The van der Waals surface area contributed by atoms with Crippen LogP contribution in [0.3, 0.4) is 0 Å². The van der Waals surface area contributed by atoms with Crippen molar-refractivity contribution < 1.29 is 4.74 Å². The van der Waals surface area contributed by atoms with E-state index in [0.29, 0.717) is 18.1 Å². The number of ether oxygens (including phenoxy) is 1. The van der Waals surface area contributed by atoms with Crippen molar-refractivity contribution in [2.75, 3.05) is 0 Å². The zero-order valence-corrected chi connectivity index (χ0v) is 15.2. The molecule has 0 N–H and O–H groups in total.